The molecule has 1 saturated heterocycles. The highest BCUT2D eigenvalue weighted by Gasteiger charge is 2.14. The molecule has 110 valence electrons. The number of hydrogen-bond donors (Lipinski definition) is 1. The molecule has 1 fully saturated rings. The van der Waals surface area contributed by atoms with Gasteiger partial charge in [0.25, 0.3) is 5.69 Å². The van der Waals surface area contributed by atoms with E-state index in [0.717, 1.165) is 19.5 Å². The molecule has 7 nitrogen and oxygen atoms in total. The van der Waals surface area contributed by atoms with Gasteiger partial charge in [0.05, 0.1) is 28.8 Å². The number of nitro benzene ring substituents is 1. The number of nitrogens with zero attached hydrogens (tertiary/aromatic N) is 3. The fourth-order valence-corrected chi connectivity index (χ4v) is 2.43. The van der Waals surface area contributed by atoms with Crippen LogP contribution in [-0.4, -0.2) is 34.6 Å². The van der Waals surface area contributed by atoms with Crippen molar-refractivity contribution in [2.45, 2.75) is 12.8 Å². The van der Waals surface area contributed by atoms with Crippen LogP contribution >= 0.6 is 0 Å². The van der Waals surface area contributed by atoms with Crippen LogP contribution < -0.4 is 10.1 Å². The van der Waals surface area contributed by atoms with E-state index in [2.05, 4.69) is 15.3 Å². The van der Waals surface area contributed by atoms with Gasteiger partial charge in [0.2, 0.25) is 5.88 Å². The van der Waals surface area contributed by atoms with Gasteiger partial charge in [0.1, 0.15) is 0 Å². The maximum Gasteiger partial charge on any atom is 0.271 e. The molecule has 2 aromatic rings. The SMILES string of the molecule is O=[N+]([O-])c1ccc2nc(OC[C@H]3CCCNC3)cnc2c1. The van der Waals surface area contributed by atoms with E-state index in [0.29, 0.717) is 29.4 Å². The van der Waals surface area contributed by atoms with Crippen LogP contribution in [0.5, 0.6) is 5.88 Å². The number of ether oxygens (including phenoxy) is 1. The summed E-state index contributed by atoms with van der Waals surface area (Å²) in [5.74, 6) is 0.954. The lowest BCUT2D eigenvalue weighted by molar-refractivity contribution is -0.384. The van der Waals surface area contributed by atoms with Crippen LogP contribution in [0.15, 0.2) is 24.4 Å². The Morgan fingerprint density at radius 1 is 1.43 bits per heavy atom. The summed E-state index contributed by atoms with van der Waals surface area (Å²) in [6.07, 6.45) is 3.84. The van der Waals surface area contributed by atoms with Gasteiger partial charge in [-0.2, -0.15) is 0 Å². The van der Waals surface area contributed by atoms with Gasteiger partial charge in [0, 0.05) is 24.6 Å². The van der Waals surface area contributed by atoms with Gasteiger partial charge in [-0.05, 0) is 25.5 Å². The van der Waals surface area contributed by atoms with E-state index in [-0.39, 0.29) is 5.69 Å². The first-order chi connectivity index (χ1) is 10.2. The Morgan fingerprint density at radius 2 is 2.33 bits per heavy atom. The molecule has 3 rings (SSSR count). The van der Waals surface area contributed by atoms with Crippen LogP contribution in [0.25, 0.3) is 11.0 Å². The van der Waals surface area contributed by atoms with E-state index in [4.69, 9.17) is 4.74 Å². The molecule has 7 heteroatoms. The number of nitro groups is 1. The summed E-state index contributed by atoms with van der Waals surface area (Å²) in [6, 6.07) is 4.43. The lowest BCUT2D eigenvalue weighted by Crippen LogP contribution is -2.33. The van der Waals surface area contributed by atoms with Crippen molar-refractivity contribution in [2.24, 2.45) is 5.92 Å². The lowest BCUT2D eigenvalue weighted by Gasteiger charge is -2.22. The Labute approximate surface area is 121 Å². The monoisotopic (exact) mass is 288 g/mol. The first-order valence-corrected chi connectivity index (χ1v) is 6.97. The molecule has 0 radical (unpaired) electrons. The second-order valence-electron chi connectivity index (χ2n) is 5.16. The second-order valence-corrected chi connectivity index (χ2v) is 5.16. The van der Waals surface area contributed by atoms with Crippen molar-refractivity contribution >= 4 is 16.7 Å². The molecule has 0 spiro atoms. The summed E-state index contributed by atoms with van der Waals surface area (Å²) in [6.45, 7) is 2.65. The third kappa shape index (κ3) is 3.25. The van der Waals surface area contributed by atoms with Gasteiger partial charge in [0.15, 0.2) is 0 Å². The molecule has 0 unspecified atom stereocenters. The summed E-state index contributed by atoms with van der Waals surface area (Å²) in [4.78, 5) is 18.8. The zero-order chi connectivity index (χ0) is 14.7. The number of fused-ring (bicyclic) bond motifs is 1. The highest BCUT2D eigenvalue weighted by Crippen LogP contribution is 2.20. The molecule has 0 aliphatic carbocycles. The fraction of sp³-hybridized carbons (Fsp3) is 0.429. The number of hydrogen-bond acceptors (Lipinski definition) is 6. The third-order valence-corrected chi connectivity index (χ3v) is 3.58. The van der Waals surface area contributed by atoms with Crippen LogP contribution in [0, 0.1) is 16.0 Å². The van der Waals surface area contributed by atoms with Gasteiger partial charge in [-0.1, -0.05) is 0 Å². The summed E-state index contributed by atoms with van der Waals surface area (Å²) in [5, 5.41) is 14.1. The largest absolute Gasteiger partial charge is 0.476 e. The molecule has 1 aromatic carbocycles. The molecule has 0 amide bonds. The van der Waals surface area contributed by atoms with Crippen LogP contribution in [0.1, 0.15) is 12.8 Å². The van der Waals surface area contributed by atoms with E-state index >= 15 is 0 Å². The number of non-ortho nitro benzene ring substituents is 1. The lowest BCUT2D eigenvalue weighted by atomic mass is 10.0. The number of nitrogens with one attached hydrogen (secondary N) is 1. The Bertz CT molecular complexity index is 656. The average Bonchev–Trinajstić information content (AvgIpc) is 2.53. The van der Waals surface area contributed by atoms with Crippen molar-refractivity contribution in [1.29, 1.82) is 0 Å². The minimum atomic E-state index is -0.443. The molecular formula is C14H16N4O3. The Balaban J connectivity index is 1.71. The van der Waals surface area contributed by atoms with Gasteiger partial charge in [-0.3, -0.25) is 10.1 Å². The third-order valence-electron chi connectivity index (χ3n) is 3.58. The smallest absolute Gasteiger partial charge is 0.271 e. The molecule has 2 heterocycles. The Kier molecular flexibility index (Phi) is 3.92. The number of rotatable bonds is 4. The van der Waals surface area contributed by atoms with Crippen molar-refractivity contribution < 1.29 is 9.66 Å². The van der Waals surface area contributed by atoms with Gasteiger partial charge >= 0.3 is 0 Å². The Hall–Kier alpha value is -2.28. The van der Waals surface area contributed by atoms with Gasteiger partial charge in [-0.15, -0.1) is 0 Å². The highest BCUT2D eigenvalue weighted by molar-refractivity contribution is 5.77. The van der Waals surface area contributed by atoms with E-state index in [9.17, 15) is 10.1 Å². The fourth-order valence-electron chi connectivity index (χ4n) is 2.43. The topological polar surface area (TPSA) is 90.2 Å². The van der Waals surface area contributed by atoms with Crippen molar-refractivity contribution in [2.75, 3.05) is 19.7 Å². The predicted molar refractivity (Wildman–Crippen MR) is 77.3 cm³/mol. The van der Waals surface area contributed by atoms with Crippen molar-refractivity contribution in [3.63, 3.8) is 0 Å². The maximum absolute atomic E-state index is 10.7. The number of benzene rings is 1. The molecular weight excluding hydrogens is 272 g/mol. The Morgan fingerprint density at radius 3 is 3.10 bits per heavy atom. The first kappa shape index (κ1) is 13.7. The second kappa shape index (κ2) is 6.01. The molecule has 0 bridgehead atoms. The van der Waals surface area contributed by atoms with Crippen molar-refractivity contribution in [1.82, 2.24) is 15.3 Å². The summed E-state index contributed by atoms with van der Waals surface area (Å²) in [7, 11) is 0. The van der Waals surface area contributed by atoms with Crippen LogP contribution in [0.3, 0.4) is 0 Å². The predicted octanol–water partition coefficient (Wildman–Crippen LogP) is 1.92. The quantitative estimate of drug-likeness (QED) is 0.682. The van der Waals surface area contributed by atoms with Crippen molar-refractivity contribution in [3.8, 4) is 5.88 Å². The molecule has 0 saturated carbocycles. The first-order valence-electron chi connectivity index (χ1n) is 6.97. The summed E-state index contributed by atoms with van der Waals surface area (Å²) >= 11 is 0. The van der Waals surface area contributed by atoms with E-state index in [1.165, 1.54) is 24.8 Å². The molecule has 21 heavy (non-hydrogen) atoms. The zero-order valence-corrected chi connectivity index (χ0v) is 11.5. The normalized spacial score (nSPS) is 18.6. The van der Waals surface area contributed by atoms with Crippen molar-refractivity contribution in [3.05, 3.63) is 34.5 Å². The molecule has 1 aliphatic heterocycles. The van der Waals surface area contributed by atoms with Crippen LogP contribution in [0.4, 0.5) is 5.69 Å². The summed E-state index contributed by atoms with van der Waals surface area (Å²) in [5.41, 5.74) is 1.11. The number of aromatic nitrogens is 2. The van der Waals surface area contributed by atoms with E-state index in [1.807, 2.05) is 0 Å². The standard InChI is InChI=1S/C14H16N4O3/c19-18(20)11-3-4-12-13(6-11)16-8-14(17-12)21-9-10-2-1-5-15-7-10/h3-4,6,8,10,15H,1-2,5,7,9H2/t10-/m0/s1. The maximum atomic E-state index is 10.7. The highest BCUT2D eigenvalue weighted by atomic mass is 16.6. The number of piperidine rings is 1. The molecule has 1 aliphatic rings. The minimum absolute atomic E-state index is 0.0127. The van der Waals surface area contributed by atoms with Crippen LogP contribution in [0.2, 0.25) is 0 Å². The summed E-state index contributed by atoms with van der Waals surface area (Å²) < 4.78 is 5.68. The molecule has 1 aromatic heterocycles. The van der Waals surface area contributed by atoms with Crippen LogP contribution in [-0.2, 0) is 0 Å². The minimum Gasteiger partial charge on any atom is -0.476 e. The van der Waals surface area contributed by atoms with Gasteiger partial charge in [-0.25, -0.2) is 9.97 Å². The van der Waals surface area contributed by atoms with E-state index < -0.39 is 4.92 Å². The van der Waals surface area contributed by atoms with Gasteiger partial charge < -0.3 is 10.1 Å². The zero-order valence-electron chi connectivity index (χ0n) is 11.5. The van der Waals surface area contributed by atoms with E-state index in [1.54, 1.807) is 6.07 Å². The average molecular weight is 288 g/mol. The molecule has 1 atom stereocenters. The molecule has 1 N–H and O–H groups in total.